The molecule has 0 radical (unpaired) electrons. The summed E-state index contributed by atoms with van der Waals surface area (Å²) in [5.74, 6) is -1.52. The van der Waals surface area contributed by atoms with Gasteiger partial charge in [0.15, 0.2) is 0 Å². The minimum Gasteiger partial charge on any atom is -0.467 e. The minimum atomic E-state index is -4.44. The minimum absolute atomic E-state index is 0.165. The van der Waals surface area contributed by atoms with Crippen LogP contribution >= 0.6 is 0 Å². The van der Waals surface area contributed by atoms with E-state index in [1.54, 1.807) is 0 Å². The second-order valence-electron chi connectivity index (χ2n) is 7.59. The molecule has 0 fully saturated rings. The van der Waals surface area contributed by atoms with Crippen LogP contribution in [-0.2, 0) is 26.9 Å². The zero-order valence-corrected chi connectivity index (χ0v) is 17.1. The van der Waals surface area contributed by atoms with Gasteiger partial charge in [-0.1, -0.05) is 60.7 Å². The van der Waals surface area contributed by atoms with Gasteiger partial charge in [-0.15, -0.1) is 0 Å². The zero-order valence-electron chi connectivity index (χ0n) is 17.1. The van der Waals surface area contributed by atoms with Gasteiger partial charge in [-0.25, -0.2) is 4.79 Å². The van der Waals surface area contributed by atoms with Gasteiger partial charge >= 0.3 is 12.1 Å². The summed E-state index contributed by atoms with van der Waals surface area (Å²) in [6, 6.07) is 18.7. The number of carbonyl (C=O) groups is 2. The Morgan fingerprint density at radius 2 is 1.44 bits per heavy atom. The summed E-state index contributed by atoms with van der Waals surface area (Å²) < 4.78 is 43.3. The van der Waals surface area contributed by atoms with Crippen molar-refractivity contribution in [1.29, 1.82) is 0 Å². The molecule has 0 saturated carbocycles. The van der Waals surface area contributed by atoms with Crippen molar-refractivity contribution in [3.8, 4) is 11.1 Å². The Labute approximate surface area is 183 Å². The van der Waals surface area contributed by atoms with E-state index >= 15 is 0 Å². The average molecular weight is 439 g/mol. The Bertz CT molecular complexity index is 1110. The molecule has 1 N–H and O–H groups in total. The molecular formula is C25H20F3NO3. The Balaban J connectivity index is 1.60. The molecule has 0 saturated heterocycles. The van der Waals surface area contributed by atoms with Gasteiger partial charge in [-0.2, -0.15) is 13.2 Å². The standard InChI is InChI=1S/C25H20F3NO3/c1-32-24(31)23(29-21(30)14-15-10-12-16(13-11-15)25(26,27)28)22-19-8-4-2-6-17(19)18-7-3-5-9-20(18)22/h2-13,22-23H,14H2,1H3,(H,29,30)/t23-/m1/s1. The van der Waals surface area contributed by atoms with E-state index < -0.39 is 35.6 Å². The first-order valence-corrected chi connectivity index (χ1v) is 10.0. The highest BCUT2D eigenvalue weighted by Gasteiger charge is 2.39. The summed E-state index contributed by atoms with van der Waals surface area (Å²) in [5, 5.41) is 2.75. The van der Waals surface area contributed by atoms with Crippen LogP contribution in [0.4, 0.5) is 13.2 Å². The molecule has 164 valence electrons. The zero-order chi connectivity index (χ0) is 22.9. The number of rotatable bonds is 5. The summed E-state index contributed by atoms with van der Waals surface area (Å²) in [5.41, 5.74) is 3.40. The quantitative estimate of drug-likeness (QED) is 0.586. The molecule has 1 amide bonds. The first kappa shape index (κ1) is 21.6. The maximum absolute atomic E-state index is 12.8. The molecular weight excluding hydrogens is 419 g/mol. The molecule has 3 aromatic rings. The summed E-state index contributed by atoms with van der Waals surface area (Å²) >= 11 is 0. The molecule has 4 rings (SSSR count). The Morgan fingerprint density at radius 3 is 1.94 bits per heavy atom. The van der Waals surface area contributed by atoms with E-state index in [2.05, 4.69) is 5.32 Å². The fourth-order valence-electron chi connectivity index (χ4n) is 4.18. The van der Waals surface area contributed by atoms with Crippen molar-refractivity contribution in [3.05, 3.63) is 95.1 Å². The second-order valence-corrected chi connectivity index (χ2v) is 7.59. The van der Waals surface area contributed by atoms with Crippen LogP contribution in [0.2, 0.25) is 0 Å². The number of hydrogen-bond acceptors (Lipinski definition) is 3. The number of nitrogens with one attached hydrogen (secondary N) is 1. The number of fused-ring (bicyclic) bond motifs is 3. The second kappa shape index (κ2) is 8.49. The summed E-state index contributed by atoms with van der Waals surface area (Å²) in [6.45, 7) is 0. The summed E-state index contributed by atoms with van der Waals surface area (Å²) in [4.78, 5) is 25.5. The molecule has 7 heteroatoms. The van der Waals surface area contributed by atoms with E-state index in [1.165, 1.54) is 19.2 Å². The van der Waals surface area contributed by atoms with Crippen molar-refractivity contribution >= 4 is 11.9 Å². The monoisotopic (exact) mass is 439 g/mol. The van der Waals surface area contributed by atoms with Gasteiger partial charge in [-0.05, 0) is 39.9 Å². The predicted octanol–water partition coefficient (Wildman–Crippen LogP) is 4.72. The topological polar surface area (TPSA) is 55.4 Å². The van der Waals surface area contributed by atoms with E-state index in [0.717, 1.165) is 34.4 Å². The Hall–Kier alpha value is -3.61. The first-order valence-electron chi connectivity index (χ1n) is 10.0. The van der Waals surface area contributed by atoms with Gasteiger partial charge in [0.2, 0.25) is 5.91 Å². The number of benzene rings is 3. The lowest BCUT2D eigenvalue weighted by atomic mass is 9.89. The third kappa shape index (κ3) is 4.10. The number of hydrogen-bond donors (Lipinski definition) is 1. The predicted molar refractivity (Wildman–Crippen MR) is 113 cm³/mol. The number of carbonyl (C=O) groups excluding carboxylic acids is 2. The third-order valence-electron chi connectivity index (χ3n) is 5.63. The summed E-state index contributed by atoms with van der Waals surface area (Å²) in [6.07, 6.45) is -4.61. The van der Waals surface area contributed by atoms with Crippen LogP contribution < -0.4 is 5.32 Å². The van der Waals surface area contributed by atoms with Crippen LogP contribution in [0.5, 0.6) is 0 Å². The normalized spacial score (nSPS) is 13.8. The van der Waals surface area contributed by atoms with Crippen molar-refractivity contribution < 1.29 is 27.5 Å². The largest absolute Gasteiger partial charge is 0.467 e. The molecule has 3 aromatic carbocycles. The van der Waals surface area contributed by atoms with Gasteiger partial charge in [0.1, 0.15) is 6.04 Å². The number of halogens is 3. The van der Waals surface area contributed by atoms with Crippen LogP contribution in [0.25, 0.3) is 11.1 Å². The van der Waals surface area contributed by atoms with Crippen molar-refractivity contribution in [2.75, 3.05) is 7.11 Å². The number of methoxy groups -OCH3 is 1. The Morgan fingerprint density at radius 1 is 0.906 bits per heavy atom. The van der Waals surface area contributed by atoms with E-state index in [1.807, 2.05) is 48.5 Å². The maximum atomic E-state index is 12.8. The van der Waals surface area contributed by atoms with Crippen molar-refractivity contribution in [1.82, 2.24) is 5.32 Å². The molecule has 0 aliphatic heterocycles. The van der Waals surface area contributed by atoms with Gasteiger partial charge in [0.05, 0.1) is 19.1 Å². The molecule has 1 aliphatic carbocycles. The van der Waals surface area contributed by atoms with E-state index in [-0.39, 0.29) is 6.42 Å². The molecule has 4 nitrogen and oxygen atoms in total. The van der Waals surface area contributed by atoms with Crippen LogP contribution in [0, 0.1) is 0 Å². The molecule has 0 unspecified atom stereocenters. The highest BCUT2D eigenvalue weighted by Crippen LogP contribution is 2.46. The number of alkyl halides is 3. The fraction of sp³-hybridized carbons (Fsp3) is 0.200. The van der Waals surface area contributed by atoms with E-state index in [4.69, 9.17) is 4.74 Å². The smallest absolute Gasteiger partial charge is 0.416 e. The lowest BCUT2D eigenvalue weighted by Gasteiger charge is -2.24. The van der Waals surface area contributed by atoms with Gasteiger partial charge < -0.3 is 10.1 Å². The van der Waals surface area contributed by atoms with Crippen molar-refractivity contribution in [3.63, 3.8) is 0 Å². The number of ether oxygens (including phenoxy) is 1. The lowest BCUT2D eigenvalue weighted by Crippen LogP contribution is -2.46. The number of amides is 1. The van der Waals surface area contributed by atoms with Crippen molar-refractivity contribution in [2.24, 2.45) is 0 Å². The molecule has 1 aliphatic rings. The van der Waals surface area contributed by atoms with Gasteiger partial charge in [0, 0.05) is 5.92 Å². The summed E-state index contributed by atoms with van der Waals surface area (Å²) in [7, 11) is 1.25. The first-order chi connectivity index (χ1) is 15.3. The van der Waals surface area contributed by atoms with E-state index in [0.29, 0.717) is 5.56 Å². The van der Waals surface area contributed by atoms with Crippen LogP contribution in [0.1, 0.15) is 28.2 Å². The number of esters is 1. The average Bonchev–Trinajstić information content (AvgIpc) is 3.11. The highest BCUT2D eigenvalue weighted by molar-refractivity contribution is 5.90. The van der Waals surface area contributed by atoms with Gasteiger partial charge in [-0.3, -0.25) is 4.79 Å². The highest BCUT2D eigenvalue weighted by atomic mass is 19.4. The molecule has 0 spiro atoms. The SMILES string of the molecule is COC(=O)[C@H](NC(=O)Cc1ccc(C(F)(F)F)cc1)C1c2ccccc2-c2ccccc21. The van der Waals surface area contributed by atoms with Crippen LogP contribution in [-0.4, -0.2) is 25.0 Å². The lowest BCUT2D eigenvalue weighted by molar-refractivity contribution is -0.145. The molecule has 0 heterocycles. The molecule has 1 atom stereocenters. The van der Waals surface area contributed by atoms with E-state index in [9.17, 15) is 22.8 Å². The van der Waals surface area contributed by atoms with Gasteiger partial charge in [0.25, 0.3) is 0 Å². The van der Waals surface area contributed by atoms with Crippen molar-refractivity contribution in [2.45, 2.75) is 24.6 Å². The van der Waals surface area contributed by atoms with Crippen LogP contribution in [0.3, 0.4) is 0 Å². The third-order valence-corrected chi connectivity index (χ3v) is 5.63. The van der Waals surface area contributed by atoms with Crippen LogP contribution in [0.15, 0.2) is 72.8 Å². The fourth-order valence-corrected chi connectivity index (χ4v) is 4.18. The molecule has 32 heavy (non-hydrogen) atoms. The molecule has 0 aromatic heterocycles. The maximum Gasteiger partial charge on any atom is 0.416 e. The molecule has 0 bridgehead atoms. The Kier molecular flexibility index (Phi) is 5.74.